The van der Waals surface area contributed by atoms with Crippen LogP contribution in [0.15, 0.2) is 78.9 Å². The number of nitrogens with one attached hydrogen (secondary N) is 1. The Bertz CT molecular complexity index is 1380. The molecule has 5 rings (SSSR count). The number of methoxy groups -OCH3 is 2. The second-order valence-electron chi connectivity index (χ2n) is 12.5. The SMILES string of the molecule is COCCCOc1cc(C(=O)N(C[C@@H]2CNC[C@H]2CN(C(=O)N(c2ccccc2)c2ccccc2)C2CC2)C(C)C)ccc1OC. The maximum atomic E-state index is 14.4. The number of rotatable bonds is 15. The molecule has 9 heteroatoms. The molecule has 0 aromatic heterocycles. The largest absolute Gasteiger partial charge is 0.493 e. The van der Waals surface area contributed by atoms with Crippen molar-refractivity contribution < 1.29 is 23.8 Å². The van der Waals surface area contributed by atoms with E-state index in [1.54, 1.807) is 32.4 Å². The predicted octanol–water partition coefficient (Wildman–Crippen LogP) is 6.22. The summed E-state index contributed by atoms with van der Waals surface area (Å²) in [4.78, 5) is 34.2. The molecule has 3 aromatic carbocycles. The summed E-state index contributed by atoms with van der Waals surface area (Å²) in [6, 6.07) is 25.3. The Morgan fingerprint density at radius 2 is 1.46 bits per heavy atom. The molecule has 2 aliphatic rings. The van der Waals surface area contributed by atoms with Crippen LogP contribution in [0.25, 0.3) is 0 Å². The van der Waals surface area contributed by atoms with E-state index in [9.17, 15) is 9.59 Å². The summed E-state index contributed by atoms with van der Waals surface area (Å²) in [5.74, 6) is 1.51. The van der Waals surface area contributed by atoms with Crippen LogP contribution in [0, 0.1) is 11.8 Å². The Kier molecular flexibility index (Phi) is 11.5. The summed E-state index contributed by atoms with van der Waals surface area (Å²) >= 11 is 0. The summed E-state index contributed by atoms with van der Waals surface area (Å²) in [5, 5.41) is 3.56. The Hall–Kier alpha value is -4.08. The van der Waals surface area contributed by atoms with Crippen LogP contribution in [0.5, 0.6) is 11.5 Å². The number of nitrogens with zero attached hydrogens (tertiary/aromatic N) is 3. The first-order valence-electron chi connectivity index (χ1n) is 16.4. The fraction of sp³-hybridized carbons (Fsp3) is 0.459. The number of anilines is 2. The van der Waals surface area contributed by atoms with Crippen molar-refractivity contribution in [3.8, 4) is 11.5 Å². The zero-order valence-electron chi connectivity index (χ0n) is 27.6. The van der Waals surface area contributed by atoms with Gasteiger partial charge in [0, 0.05) is 64.0 Å². The van der Waals surface area contributed by atoms with Crippen molar-refractivity contribution >= 4 is 23.3 Å². The number of ether oxygens (including phenoxy) is 3. The summed E-state index contributed by atoms with van der Waals surface area (Å²) in [6.07, 6.45) is 2.76. The number of benzene rings is 3. The van der Waals surface area contributed by atoms with E-state index < -0.39 is 0 Å². The number of hydrogen-bond donors (Lipinski definition) is 1. The zero-order chi connectivity index (χ0) is 32.5. The quantitative estimate of drug-likeness (QED) is 0.201. The normalized spacial score (nSPS) is 17.5. The van der Waals surface area contributed by atoms with Gasteiger partial charge in [0.15, 0.2) is 11.5 Å². The molecule has 2 atom stereocenters. The van der Waals surface area contributed by atoms with Crippen molar-refractivity contribution in [3.05, 3.63) is 84.4 Å². The Balaban J connectivity index is 1.32. The van der Waals surface area contributed by atoms with Gasteiger partial charge in [0.2, 0.25) is 0 Å². The number of hydrogen-bond acceptors (Lipinski definition) is 6. The molecule has 0 radical (unpaired) electrons. The molecule has 3 aromatic rings. The first-order chi connectivity index (χ1) is 22.4. The number of urea groups is 1. The van der Waals surface area contributed by atoms with Crippen LogP contribution in [0.2, 0.25) is 0 Å². The van der Waals surface area contributed by atoms with Crippen molar-refractivity contribution in [1.82, 2.24) is 15.1 Å². The van der Waals surface area contributed by atoms with Crippen LogP contribution in [-0.2, 0) is 4.74 Å². The monoisotopic (exact) mass is 628 g/mol. The number of carbonyl (C=O) groups excluding carboxylic acids is 2. The molecular weight excluding hydrogens is 580 g/mol. The van der Waals surface area contributed by atoms with Crippen molar-refractivity contribution in [2.45, 2.75) is 45.2 Å². The van der Waals surface area contributed by atoms with E-state index in [-0.39, 0.29) is 35.9 Å². The van der Waals surface area contributed by atoms with Gasteiger partial charge in [-0.15, -0.1) is 0 Å². The van der Waals surface area contributed by atoms with E-state index in [2.05, 4.69) is 24.1 Å². The van der Waals surface area contributed by atoms with Gasteiger partial charge in [-0.1, -0.05) is 36.4 Å². The van der Waals surface area contributed by atoms with Crippen LogP contribution < -0.4 is 19.7 Å². The standard InChI is InChI=1S/C37H48N4O5/c1-27(2)39(36(42)28-16-19-34(45-4)35(22-28)46-21-11-20-44-3)25-29-23-38-24-30(29)26-40(31-17-18-31)37(43)41(32-12-7-5-8-13-32)33-14-9-6-10-15-33/h5-10,12-16,19,22,27,29-31,38H,11,17-18,20-21,23-26H2,1-4H3/t29-,30-/m0/s1. The summed E-state index contributed by atoms with van der Waals surface area (Å²) in [7, 11) is 3.26. The Morgan fingerprint density at radius 1 is 0.826 bits per heavy atom. The van der Waals surface area contributed by atoms with E-state index in [4.69, 9.17) is 14.2 Å². The fourth-order valence-corrected chi connectivity index (χ4v) is 6.14. The third kappa shape index (κ3) is 8.19. The molecule has 246 valence electrons. The number of para-hydroxylation sites is 2. The highest BCUT2D eigenvalue weighted by molar-refractivity contribution is 5.99. The molecule has 1 aliphatic heterocycles. The molecule has 46 heavy (non-hydrogen) atoms. The van der Waals surface area contributed by atoms with Gasteiger partial charge in [-0.2, -0.15) is 0 Å². The third-order valence-electron chi connectivity index (χ3n) is 8.84. The van der Waals surface area contributed by atoms with Gasteiger partial charge in [-0.05, 0) is 81.0 Å². The molecule has 1 saturated carbocycles. The predicted molar refractivity (Wildman–Crippen MR) is 181 cm³/mol. The number of carbonyl (C=O) groups is 2. The molecule has 9 nitrogen and oxygen atoms in total. The molecule has 1 aliphatic carbocycles. The Labute approximate surface area is 273 Å². The van der Waals surface area contributed by atoms with Crippen LogP contribution in [0.3, 0.4) is 0 Å². The van der Waals surface area contributed by atoms with Crippen LogP contribution in [0.4, 0.5) is 16.2 Å². The van der Waals surface area contributed by atoms with Crippen molar-refractivity contribution in [1.29, 1.82) is 0 Å². The summed E-state index contributed by atoms with van der Waals surface area (Å²) in [5.41, 5.74) is 2.27. The van der Waals surface area contributed by atoms with Gasteiger partial charge in [0.05, 0.1) is 25.1 Å². The van der Waals surface area contributed by atoms with Crippen LogP contribution >= 0.6 is 0 Å². The van der Waals surface area contributed by atoms with Gasteiger partial charge < -0.3 is 29.3 Å². The van der Waals surface area contributed by atoms with Gasteiger partial charge in [-0.3, -0.25) is 9.69 Å². The maximum absolute atomic E-state index is 14.4. The van der Waals surface area contributed by atoms with E-state index >= 15 is 0 Å². The lowest BCUT2D eigenvalue weighted by molar-refractivity contribution is 0.0653. The lowest BCUT2D eigenvalue weighted by Gasteiger charge is -2.35. The Morgan fingerprint density at radius 3 is 2.02 bits per heavy atom. The molecular formula is C37H48N4O5. The lowest BCUT2D eigenvalue weighted by Crippen LogP contribution is -2.47. The van der Waals surface area contributed by atoms with Crippen molar-refractivity contribution in [2.24, 2.45) is 11.8 Å². The average molecular weight is 629 g/mol. The van der Waals surface area contributed by atoms with Crippen LogP contribution in [-0.4, -0.2) is 87.4 Å². The third-order valence-corrected chi connectivity index (χ3v) is 8.84. The minimum atomic E-state index is -0.0421. The molecule has 0 bridgehead atoms. The van der Waals surface area contributed by atoms with E-state index in [1.165, 1.54) is 0 Å². The highest BCUT2D eigenvalue weighted by atomic mass is 16.5. The molecule has 0 unspecified atom stereocenters. The molecule has 1 N–H and O–H groups in total. The van der Waals surface area contributed by atoms with E-state index in [1.807, 2.05) is 70.5 Å². The smallest absolute Gasteiger partial charge is 0.329 e. The first kappa shape index (κ1) is 33.3. The summed E-state index contributed by atoms with van der Waals surface area (Å²) < 4.78 is 16.6. The summed E-state index contributed by atoms with van der Waals surface area (Å²) in [6.45, 7) is 8.01. The average Bonchev–Trinajstić information content (AvgIpc) is 3.83. The van der Waals surface area contributed by atoms with Gasteiger partial charge in [-0.25, -0.2) is 4.79 Å². The highest BCUT2D eigenvalue weighted by Crippen LogP contribution is 2.35. The highest BCUT2D eigenvalue weighted by Gasteiger charge is 2.40. The van der Waals surface area contributed by atoms with Gasteiger partial charge in [0.25, 0.3) is 5.91 Å². The molecule has 3 amide bonds. The first-order valence-corrected chi connectivity index (χ1v) is 16.4. The van der Waals surface area contributed by atoms with E-state index in [0.29, 0.717) is 43.4 Å². The second-order valence-corrected chi connectivity index (χ2v) is 12.5. The number of amides is 3. The lowest BCUT2D eigenvalue weighted by atomic mass is 9.94. The van der Waals surface area contributed by atoms with Gasteiger partial charge >= 0.3 is 6.03 Å². The van der Waals surface area contributed by atoms with Crippen molar-refractivity contribution in [2.75, 3.05) is 58.5 Å². The maximum Gasteiger partial charge on any atom is 0.329 e. The minimum absolute atomic E-state index is 0.00129. The topological polar surface area (TPSA) is 83.6 Å². The molecule has 0 spiro atoms. The fourth-order valence-electron chi connectivity index (χ4n) is 6.14. The molecule has 1 heterocycles. The van der Waals surface area contributed by atoms with E-state index in [0.717, 1.165) is 43.7 Å². The molecule has 2 fully saturated rings. The second kappa shape index (κ2) is 16.0. The van der Waals surface area contributed by atoms with Crippen molar-refractivity contribution in [3.63, 3.8) is 0 Å². The van der Waals surface area contributed by atoms with Gasteiger partial charge in [0.1, 0.15) is 0 Å². The minimum Gasteiger partial charge on any atom is -0.493 e. The molecule has 1 saturated heterocycles. The zero-order valence-corrected chi connectivity index (χ0v) is 27.6. The van der Waals surface area contributed by atoms with Crippen LogP contribution in [0.1, 0.15) is 43.5 Å².